The zero-order chi connectivity index (χ0) is 21.4. The van der Waals surface area contributed by atoms with Crippen LogP contribution >= 0.6 is 11.6 Å². The molecule has 6 nitrogen and oxygen atoms in total. The highest BCUT2D eigenvalue weighted by molar-refractivity contribution is 6.30. The minimum absolute atomic E-state index is 0.161. The van der Waals surface area contributed by atoms with Crippen LogP contribution in [0.1, 0.15) is 6.42 Å². The number of hydrogen-bond donors (Lipinski definition) is 1. The minimum Gasteiger partial charge on any atom is -0.355 e. The van der Waals surface area contributed by atoms with Crippen LogP contribution in [0.15, 0.2) is 71.8 Å². The summed E-state index contributed by atoms with van der Waals surface area (Å²) in [5, 5.41) is 9.82. The number of nitrogens with one attached hydrogen (secondary N) is 1. The highest BCUT2D eigenvalue weighted by Crippen LogP contribution is 2.25. The molecule has 0 bridgehead atoms. The summed E-state index contributed by atoms with van der Waals surface area (Å²) < 4.78 is 1.40. The van der Waals surface area contributed by atoms with E-state index in [2.05, 4.69) is 20.3 Å². The molecule has 0 radical (unpaired) electrons. The van der Waals surface area contributed by atoms with Crippen molar-refractivity contribution in [3.63, 3.8) is 0 Å². The van der Waals surface area contributed by atoms with Crippen LogP contribution in [-0.4, -0.2) is 40.9 Å². The van der Waals surface area contributed by atoms with E-state index in [1.807, 2.05) is 61.6 Å². The van der Waals surface area contributed by atoms with Gasteiger partial charge in [0.1, 0.15) is 5.82 Å². The molecule has 2 aromatic heterocycles. The van der Waals surface area contributed by atoms with E-state index in [0.717, 1.165) is 41.8 Å². The SMILES string of the molecule is CN[C@H]1CCN(c2ccc(-n3ncc4cc(-c5ccc(Cl)cc5)ccc4c3=O)cn2)C1. The van der Waals surface area contributed by atoms with E-state index < -0.39 is 0 Å². The van der Waals surface area contributed by atoms with Crippen LogP contribution in [0.4, 0.5) is 5.82 Å². The summed E-state index contributed by atoms with van der Waals surface area (Å²) in [7, 11) is 1.99. The van der Waals surface area contributed by atoms with E-state index in [9.17, 15) is 4.79 Å². The number of hydrogen-bond acceptors (Lipinski definition) is 5. The Kier molecular flexibility index (Phi) is 5.18. The van der Waals surface area contributed by atoms with E-state index in [1.54, 1.807) is 12.4 Å². The Morgan fingerprint density at radius 1 is 1.03 bits per heavy atom. The number of halogens is 1. The van der Waals surface area contributed by atoms with Crippen LogP contribution in [0.5, 0.6) is 0 Å². The van der Waals surface area contributed by atoms with Gasteiger partial charge in [0.05, 0.1) is 23.5 Å². The average Bonchev–Trinajstić information content (AvgIpc) is 3.29. The van der Waals surface area contributed by atoms with Gasteiger partial charge in [0, 0.05) is 29.5 Å². The molecule has 5 rings (SSSR count). The maximum Gasteiger partial charge on any atom is 0.279 e. The molecule has 1 atom stereocenters. The molecule has 1 aliphatic rings. The van der Waals surface area contributed by atoms with E-state index >= 15 is 0 Å². The molecule has 2 aromatic carbocycles. The summed E-state index contributed by atoms with van der Waals surface area (Å²) in [6.07, 6.45) is 4.54. The first-order valence-corrected chi connectivity index (χ1v) is 10.7. The lowest BCUT2D eigenvalue weighted by atomic mass is 10.0. The van der Waals surface area contributed by atoms with Gasteiger partial charge in [-0.2, -0.15) is 9.78 Å². The minimum atomic E-state index is -0.161. The third kappa shape index (κ3) is 3.80. The molecule has 7 heteroatoms. The fraction of sp³-hybridized carbons (Fsp3) is 0.208. The van der Waals surface area contributed by atoms with Gasteiger partial charge in [0.2, 0.25) is 0 Å². The van der Waals surface area contributed by atoms with Crippen molar-refractivity contribution in [2.45, 2.75) is 12.5 Å². The quantitative estimate of drug-likeness (QED) is 0.531. The second-order valence-electron chi connectivity index (χ2n) is 7.77. The number of rotatable bonds is 4. The lowest BCUT2D eigenvalue weighted by molar-refractivity contribution is 0.616. The fourth-order valence-corrected chi connectivity index (χ4v) is 4.18. The number of likely N-dealkylation sites (N-methyl/N-ethyl adjacent to an activating group) is 1. The van der Waals surface area contributed by atoms with Crippen LogP contribution in [-0.2, 0) is 0 Å². The van der Waals surface area contributed by atoms with Gasteiger partial charge >= 0.3 is 0 Å². The molecule has 0 unspecified atom stereocenters. The average molecular weight is 432 g/mol. The van der Waals surface area contributed by atoms with E-state index in [0.29, 0.717) is 22.1 Å². The standard InChI is InChI=1S/C24H22ClN5O/c1-26-20-10-11-29(15-20)23-9-7-21(14-27-23)30-24(31)22-8-4-17(12-18(22)13-28-30)16-2-5-19(25)6-3-16/h2-9,12-14,20,26H,10-11,15H2,1H3/t20-/m0/s1. The van der Waals surface area contributed by atoms with Crippen LogP contribution in [0, 0.1) is 0 Å². The summed E-state index contributed by atoms with van der Waals surface area (Å²) in [6.45, 7) is 1.91. The van der Waals surface area contributed by atoms with Gasteiger partial charge in [-0.25, -0.2) is 4.98 Å². The number of aromatic nitrogens is 3. The highest BCUT2D eigenvalue weighted by atomic mass is 35.5. The summed E-state index contributed by atoms with van der Waals surface area (Å²) in [5.74, 6) is 0.919. The van der Waals surface area contributed by atoms with Crippen molar-refractivity contribution in [2.24, 2.45) is 0 Å². The smallest absolute Gasteiger partial charge is 0.279 e. The first kappa shape index (κ1) is 19.7. The van der Waals surface area contributed by atoms with E-state index in [-0.39, 0.29) is 5.56 Å². The molecule has 1 aliphatic heterocycles. The fourth-order valence-electron chi connectivity index (χ4n) is 4.05. The number of nitrogens with zero attached hydrogens (tertiary/aromatic N) is 4. The molecular formula is C24H22ClN5O. The third-order valence-corrected chi connectivity index (χ3v) is 6.11. The van der Waals surface area contributed by atoms with E-state index in [1.165, 1.54) is 4.68 Å². The second-order valence-corrected chi connectivity index (χ2v) is 8.20. The summed E-state index contributed by atoms with van der Waals surface area (Å²) in [4.78, 5) is 19.9. The van der Waals surface area contributed by atoms with Crippen molar-refractivity contribution < 1.29 is 0 Å². The zero-order valence-corrected chi connectivity index (χ0v) is 17.9. The summed E-state index contributed by atoms with van der Waals surface area (Å²) >= 11 is 5.99. The summed E-state index contributed by atoms with van der Waals surface area (Å²) in [5.41, 5.74) is 2.55. The van der Waals surface area contributed by atoms with Crippen molar-refractivity contribution in [2.75, 3.05) is 25.0 Å². The Hall–Kier alpha value is -3.22. The van der Waals surface area contributed by atoms with Crippen molar-refractivity contribution in [1.29, 1.82) is 0 Å². The predicted octanol–water partition coefficient (Wildman–Crippen LogP) is 3.90. The van der Waals surface area contributed by atoms with Gasteiger partial charge in [-0.15, -0.1) is 0 Å². The molecule has 31 heavy (non-hydrogen) atoms. The van der Waals surface area contributed by atoms with Crippen LogP contribution in [0.3, 0.4) is 0 Å². The molecule has 4 aromatic rings. The molecule has 156 valence electrons. The zero-order valence-electron chi connectivity index (χ0n) is 17.1. The van der Waals surface area contributed by atoms with Crippen LogP contribution in [0.25, 0.3) is 27.6 Å². The number of fused-ring (bicyclic) bond motifs is 1. The third-order valence-electron chi connectivity index (χ3n) is 5.86. The molecule has 0 amide bonds. The molecule has 1 saturated heterocycles. The molecule has 0 aliphatic carbocycles. The van der Waals surface area contributed by atoms with Crippen molar-refractivity contribution >= 4 is 28.2 Å². The number of pyridine rings is 1. The second kappa shape index (κ2) is 8.13. The Morgan fingerprint density at radius 2 is 1.84 bits per heavy atom. The summed E-state index contributed by atoms with van der Waals surface area (Å²) in [6, 6.07) is 17.8. The maximum absolute atomic E-state index is 13.1. The van der Waals surface area contributed by atoms with Crippen LogP contribution in [0.2, 0.25) is 5.02 Å². The van der Waals surface area contributed by atoms with E-state index in [4.69, 9.17) is 11.6 Å². The van der Waals surface area contributed by atoms with Gasteiger partial charge in [0.25, 0.3) is 5.56 Å². The molecule has 1 fully saturated rings. The lowest BCUT2D eigenvalue weighted by Gasteiger charge is -2.17. The number of anilines is 1. The topological polar surface area (TPSA) is 63.1 Å². The van der Waals surface area contributed by atoms with Gasteiger partial charge in [-0.3, -0.25) is 4.79 Å². The van der Waals surface area contributed by atoms with Crippen molar-refractivity contribution in [3.8, 4) is 16.8 Å². The van der Waals surface area contributed by atoms with Gasteiger partial charge in [-0.05, 0) is 61.0 Å². The van der Waals surface area contributed by atoms with Gasteiger partial charge < -0.3 is 10.2 Å². The molecule has 3 heterocycles. The Labute approximate surface area is 185 Å². The van der Waals surface area contributed by atoms with Gasteiger partial charge in [-0.1, -0.05) is 29.8 Å². The normalized spacial score (nSPS) is 16.2. The first-order valence-electron chi connectivity index (χ1n) is 10.3. The molecular weight excluding hydrogens is 410 g/mol. The van der Waals surface area contributed by atoms with Gasteiger partial charge in [0.15, 0.2) is 0 Å². The monoisotopic (exact) mass is 431 g/mol. The van der Waals surface area contributed by atoms with Crippen molar-refractivity contribution in [1.82, 2.24) is 20.1 Å². The molecule has 1 N–H and O–H groups in total. The molecule has 0 saturated carbocycles. The largest absolute Gasteiger partial charge is 0.355 e. The highest BCUT2D eigenvalue weighted by Gasteiger charge is 2.22. The Bertz CT molecular complexity index is 1280. The number of benzene rings is 2. The van der Waals surface area contributed by atoms with Crippen molar-refractivity contribution in [3.05, 3.63) is 82.4 Å². The Balaban J connectivity index is 1.45. The Morgan fingerprint density at radius 3 is 2.55 bits per heavy atom. The van der Waals surface area contributed by atoms with Crippen LogP contribution < -0.4 is 15.8 Å². The first-order chi connectivity index (χ1) is 15.1. The maximum atomic E-state index is 13.1. The predicted molar refractivity (Wildman–Crippen MR) is 125 cm³/mol. The lowest BCUT2D eigenvalue weighted by Crippen LogP contribution is -2.29. The molecule has 0 spiro atoms.